The van der Waals surface area contributed by atoms with Crippen LogP contribution in [0.4, 0.5) is 0 Å². The molecule has 88 valence electrons. The normalized spacial score (nSPS) is 19.9. The minimum absolute atomic E-state index is 0.0109. The maximum Gasteiger partial charge on any atom is 0.274 e. The van der Waals surface area contributed by atoms with Crippen molar-refractivity contribution in [3.05, 3.63) is 40.8 Å². The summed E-state index contributed by atoms with van der Waals surface area (Å²) in [6.07, 6.45) is 4.08. The predicted molar refractivity (Wildman–Crippen MR) is 67.0 cm³/mol. The van der Waals surface area contributed by atoms with E-state index in [2.05, 4.69) is 10.4 Å². The molecule has 4 heteroatoms. The summed E-state index contributed by atoms with van der Waals surface area (Å²) in [5, 5.41) is 9.28. The van der Waals surface area contributed by atoms with Crippen molar-refractivity contribution in [2.75, 3.05) is 6.54 Å². The first kappa shape index (κ1) is 10.5. The van der Waals surface area contributed by atoms with Crippen LogP contribution in [0.25, 0.3) is 10.8 Å². The SMILES string of the molecule is O=c1c2ccccc2cnn1CC1CCCN1. The second-order valence-electron chi connectivity index (χ2n) is 4.51. The summed E-state index contributed by atoms with van der Waals surface area (Å²) in [6.45, 7) is 1.72. The molecule has 0 spiro atoms. The molecule has 0 amide bonds. The highest BCUT2D eigenvalue weighted by Gasteiger charge is 2.15. The van der Waals surface area contributed by atoms with E-state index in [0.29, 0.717) is 12.6 Å². The second-order valence-corrected chi connectivity index (χ2v) is 4.51. The summed E-state index contributed by atoms with van der Waals surface area (Å²) >= 11 is 0. The zero-order valence-electron chi connectivity index (χ0n) is 9.60. The first-order chi connectivity index (χ1) is 8.34. The molecule has 3 rings (SSSR count). The topological polar surface area (TPSA) is 46.9 Å². The van der Waals surface area contributed by atoms with Gasteiger partial charge in [0.2, 0.25) is 0 Å². The summed E-state index contributed by atoms with van der Waals surface area (Å²) in [5.41, 5.74) is 0.0109. The number of hydrogen-bond donors (Lipinski definition) is 1. The molecule has 2 heterocycles. The first-order valence-corrected chi connectivity index (χ1v) is 6.03. The summed E-state index contributed by atoms with van der Waals surface area (Å²) in [7, 11) is 0. The fraction of sp³-hybridized carbons (Fsp3) is 0.385. The van der Waals surface area contributed by atoms with Crippen molar-refractivity contribution < 1.29 is 0 Å². The van der Waals surface area contributed by atoms with Crippen molar-refractivity contribution >= 4 is 10.8 Å². The van der Waals surface area contributed by atoms with Crippen molar-refractivity contribution in [3.8, 4) is 0 Å². The quantitative estimate of drug-likeness (QED) is 0.840. The van der Waals surface area contributed by atoms with Crippen LogP contribution in [0.3, 0.4) is 0 Å². The Labute approximate surface area is 99.3 Å². The Hall–Kier alpha value is -1.68. The molecule has 17 heavy (non-hydrogen) atoms. The third kappa shape index (κ3) is 1.96. The summed E-state index contributed by atoms with van der Waals surface area (Å²) in [4.78, 5) is 12.2. The predicted octanol–water partition coefficient (Wildman–Crippen LogP) is 1.15. The third-order valence-corrected chi connectivity index (χ3v) is 3.32. The number of fused-ring (bicyclic) bond motifs is 1. The maximum absolute atomic E-state index is 12.2. The minimum Gasteiger partial charge on any atom is -0.312 e. The maximum atomic E-state index is 12.2. The molecule has 1 saturated heterocycles. The van der Waals surface area contributed by atoms with Gasteiger partial charge in [-0.15, -0.1) is 0 Å². The van der Waals surface area contributed by atoms with Crippen LogP contribution in [0.2, 0.25) is 0 Å². The van der Waals surface area contributed by atoms with Gasteiger partial charge in [-0.1, -0.05) is 18.2 Å². The van der Waals surface area contributed by atoms with Gasteiger partial charge in [-0.25, -0.2) is 4.68 Å². The molecule has 1 aromatic carbocycles. The monoisotopic (exact) mass is 229 g/mol. The van der Waals surface area contributed by atoms with E-state index in [1.54, 1.807) is 10.9 Å². The van der Waals surface area contributed by atoms with Gasteiger partial charge in [0.05, 0.1) is 18.1 Å². The Bertz CT molecular complexity index is 584. The van der Waals surface area contributed by atoms with Gasteiger partial charge in [-0.05, 0) is 25.5 Å². The zero-order chi connectivity index (χ0) is 11.7. The number of nitrogens with one attached hydrogen (secondary N) is 1. The Morgan fingerprint density at radius 3 is 3.12 bits per heavy atom. The number of nitrogens with zero attached hydrogens (tertiary/aromatic N) is 2. The molecule has 1 fully saturated rings. The van der Waals surface area contributed by atoms with E-state index in [-0.39, 0.29) is 5.56 Å². The van der Waals surface area contributed by atoms with E-state index < -0.39 is 0 Å². The number of rotatable bonds is 2. The first-order valence-electron chi connectivity index (χ1n) is 6.03. The number of aromatic nitrogens is 2. The van der Waals surface area contributed by atoms with Gasteiger partial charge in [0, 0.05) is 11.4 Å². The van der Waals surface area contributed by atoms with E-state index in [4.69, 9.17) is 0 Å². The average molecular weight is 229 g/mol. The van der Waals surface area contributed by atoms with Crippen molar-refractivity contribution in [1.29, 1.82) is 0 Å². The van der Waals surface area contributed by atoms with Crippen LogP contribution >= 0.6 is 0 Å². The van der Waals surface area contributed by atoms with Gasteiger partial charge in [0.1, 0.15) is 0 Å². The van der Waals surface area contributed by atoms with E-state index in [9.17, 15) is 4.79 Å². The molecule has 1 atom stereocenters. The van der Waals surface area contributed by atoms with E-state index in [1.165, 1.54) is 6.42 Å². The standard InChI is InChI=1S/C13H15N3O/c17-13-12-6-2-1-4-10(12)8-15-16(13)9-11-5-3-7-14-11/h1-2,4,6,8,11,14H,3,5,7,9H2. The van der Waals surface area contributed by atoms with Crippen molar-refractivity contribution in [2.24, 2.45) is 0 Å². The highest BCUT2D eigenvalue weighted by Crippen LogP contribution is 2.09. The lowest BCUT2D eigenvalue weighted by Crippen LogP contribution is -2.33. The molecule has 0 saturated carbocycles. The molecule has 0 bridgehead atoms. The van der Waals surface area contributed by atoms with Crippen LogP contribution in [-0.4, -0.2) is 22.4 Å². The lowest BCUT2D eigenvalue weighted by Gasteiger charge is -2.11. The fourth-order valence-electron chi connectivity index (χ4n) is 2.38. The average Bonchev–Trinajstić information content (AvgIpc) is 2.86. The van der Waals surface area contributed by atoms with Crippen molar-refractivity contribution in [2.45, 2.75) is 25.4 Å². The van der Waals surface area contributed by atoms with Gasteiger partial charge < -0.3 is 5.32 Å². The van der Waals surface area contributed by atoms with Gasteiger partial charge in [0.25, 0.3) is 5.56 Å². The van der Waals surface area contributed by atoms with Crippen LogP contribution in [-0.2, 0) is 6.54 Å². The van der Waals surface area contributed by atoms with Gasteiger partial charge in [-0.2, -0.15) is 5.10 Å². The summed E-state index contributed by atoms with van der Waals surface area (Å²) in [5.74, 6) is 0. The van der Waals surface area contributed by atoms with Gasteiger partial charge in [-0.3, -0.25) is 4.79 Å². The summed E-state index contributed by atoms with van der Waals surface area (Å²) < 4.78 is 1.57. The zero-order valence-corrected chi connectivity index (χ0v) is 9.60. The molecule has 1 aliphatic rings. The van der Waals surface area contributed by atoms with Crippen LogP contribution < -0.4 is 10.9 Å². The van der Waals surface area contributed by atoms with Crippen molar-refractivity contribution in [1.82, 2.24) is 15.1 Å². The fourth-order valence-corrected chi connectivity index (χ4v) is 2.38. The van der Waals surface area contributed by atoms with E-state index in [0.717, 1.165) is 23.7 Å². The minimum atomic E-state index is 0.0109. The van der Waals surface area contributed by atoms with Crippen LogP contribution in [0.5, 0.6) is 0 Å². The molecule has 1 N–H and O–H groups in total. The van der Waals surface area contributed by atoms with Gasteiger partial charge >= 0.3 is 0 Å². The molecule has 1 aromatic heterocycles. The highest BCUT2D eigenvalue weighted by atomic mass is 16.1. The van der Waals surface area contributed by atoms with Crippen LogP contribution in [0.1, 0.15) is 12.8 Å². The molecular formula is C13H15N3O. The van der Waals surface area contributed by atoms with Crippen LogP contribution in [0.15, 0.2) is 35.3 Å². The largest absolute Gasteiger partial charge is 0.312 e. The van der Waals surface area contributed by atoms with Crippen molar-refractivity contribution in [3.63, 3.8) is 0 Å². The third-order valence-electron chi connectivity index (χ3n) is 3.32. The second kappa shape index (κ2) is 4.30. The Morgan fingerprint density at radius 1 is 1.41 bits per heavy atom. The van der Waals surface area contributed by atoms with Gasteiger partial charge in [0.15, 0.2) is 0 Å². The Morgan fingerprint density at radius 2 is 2.29 bits per heavy atom. The summed E-state index contributed by atoms with van der Waals surface area (Å²) in [6, 6.07) is 7.98. The number of benzene rings is 1. The highest BCUT2D eigenvalue weighted by molar-refractivity contribution is 5.80. The molecule has 2 aromatic rings. The lowest BCUT2D eigenvalue weighted by atomic mass is 10.2. The number of hydrogen-bond acceptors (Lipinski definition) is 3. The molecule has 1 aliphatic heterocycles. The molecule has 4 nitrogen and oxygen atoms in total. The molecular weight excluding hydrogens is 214 g/mol. The Balaban J connectivity index is 1.99. The molecule has 0 aliphatic carbocycles. The molecule has 0 radical (unpaired) electrons. The Kier molecular flexibility index (Phi) is 2.65. The van der Waals surface area contributed by atoms with E-state index in [1.807, 2.05) is 24.3 Å². The smallest absolute Gasteiger partial charge is 0.274 e. The van der Waals surface area contributed by atoms with E-state index >= 15 is 0 Å². The van der Waals surface area contributed by atoms with Crippen LogP contribution in [0, 0.1) is 0 Å². The molecule has 1 unspecified atom stereocenters. The lowest BCUT2D eigenvalue weighted by molar-refractivity contribution is 0.462.